The SMILES string of the molecule is CCCNCC(C)(O)Cc1nc2ccccc2n1CCC. The van der Waals surface area contributed by atoms with Crippen molar-refractivity contribution in [2.45, 2.75) is 52.2 Å². The van der Waals surface area contributed by atoms with Crippen LogP contribution in [0.15, 0.2) is 24.3 Å². The number of hydrogen-bond donors (Lipinski definition) is 2. The van der Waals surface area contributed by atoms with Gasteiger partial charge >= 0.3 is 0 Å². The van der Waals surface area contributed by atoms with Gasteiger partial charge in [0.1, 0.15) is 5.82 Å². The summed E-state index contributed by atoms with van der Waals surface area (Å²) in [5.41, 5.74) is 1.40. The maximum absolute atomic E-state index is 10.6. The van der Waals surface area contributed by atoms with E-state index in [-0.39, 0.29) is 0 Å². The number of imidazole rings is 1. The molecular weight excluding hydrogens is 262 g/mol. The third-order valence-electron chi connectivity index (χ3n) is 3.65. The van der Waals surface area contributed by atoms with Gasteiger partial charge in [0.25, 0.3) is 0 Å². The minimum Gasteiger partial charge on any atom is -0.388 e. The lowest BCUT2D eigenvalue weighted by Gasteiger charge is -2.24. The molecule has 0 saturated heterocycles. The topological polar surface area (TPSA) is 50.1 Å². The minimum atomic E-state index is -0.776. The van der Waals surface area contributed by atoms with Gasteiger partial charge in [-0.25, -0.2) is 4.98 Å². The van der Waals surface area contributed by atoms with Crippen molar-refractivity contribution >= 4 is 11.0 Å². The average molecular weight is 289 g/mol. The van der Waals surface area contributed by atoms with Crippen molar-refractivity contribution < 1.29 is 5.11 Å². The van der Waals surface area contributed by atoms with Gasteiger partial charge in [-0.2, -0.15) is 0 Å². The first-order chi connectivity index (χ1) is 10.1. The van der Waals surface area contributed by atoms with Crippen LogP contribution in [0.1, 0.15) is 39.4 Å². The van der Waals surface area contributed by atoms with Crippen molar-refractivity contribution in [2.24, 2.45) is 0 Å². The second-order valence-electron chi connectivity index (χ2n) is 6.02. The first-order valence-corrected chi connectivity index (χ1v) is 7.94. The number of benzene rings is 1. The summed E-state index contributed by atoms with van der Waals surface area (Å²) >= 11 is 0. The molecule has 1 atom stereocenters. The molecule has 0 aliphatic heterocycles. The summed E-state index contributed by atoms with van der Waals surface area (Å²) in [6.45, 7) is 8.64. The number of hydrogen-bond acceptors (Lipinski definition) is 3. The molecule has 0 aliphatic rings. The second-order valence-corrected chi connectivity index (χ2v) is 6.02. The zero-order valence-corrected chi connectivity index (χ0v) is 13.4. The molecule has 0 aliphatic carbocycles. The number of fused-ring (bicyclic) bond motifs is 1. The fourth-order valence-electron chi connectivity index (χ4n) is 2.67. The van der Waals surface area contributed by atoms with E-state index in [1.807, 2.05) is 25.1 Å². The first-order valence-electron chi connectivity index (χ1n) is 7.94. The summed E-state index contributed by atoms with van der Waals surface area (Å²) in [5, 5.41) is 13.9. The molecule has 4 nitrogen and oxygen atoms in total. The van der Waals surface area contributed by atoms with Gasteiger partial charge in [0, 0.05) is 19.5 Å². The molecule has 0 saturated carbocycles. The zero-order chi connectivity index (χ0) is 15.3. The van der Waals surface area contributed by atoms with Crippen LogP contribution < -0.4 is 5.32 Å². The van der Waals surface area contributed by atoms with Crippen molar-refractivity contribution in [3.05, 3.63) is 30.1 Å². The highest BCUT2D eigenvalue weighted by Crippen LogP contribution is 2.20. The molecule has 1 aromatic carbocycles. The van der Waals surface area contributed by atoms with E-state index in [0.717, 1.165) is 42.8 Å². The van der Waals surface area contributed by atoms with E-state index in [2.05, 4.69) is 29.8 Å². The first kappa shape index (κ1) is 16.0. The zero-order valence-electron chi connectivity index (χ0n) is 13.4. The van der Waals surface area contributed by atoms with Crippen LogP contribution in [-0.4, -0.2) is 33.3 Å². The van der Waals surface area contributed by atoms with Gasteiger partial charge in [-0.05, 0) is 38.4 Å². The molecule has 0 fully saturated rings. The predicted molar refractivity (Wildman–Crippen MR) is 87.5 cm³/mol. The predicted octanol–water partition coefficient (Wildman–Crippen LogP) is 2.74. The van der Waals surface area contributed by atoms with Crippen molar-refractivity contribution in [1.29, 1.82) is 0 Å². The smallest absolute Gasteiger partial charge is 0.112 e. The van der Waals surface area contributed by atoms with Crippen molar-refractivity contribution in [1.82, 2.24) is 14.9 Å². The van der Waals surface area contributed by atoms with Gasteiger partial charge < -0.3 is 15.0 Å². The summed E-state index contributed by atoms with van der Waals surface area (Å²) in [5.74, 6) is 0.973. The molecular formula is C17H27N3O. The monoisotopic (exact) mass is 289 g/mol. The van der Waals surface area contributed by atoms with E-state index >= 15 is 0 Å². The Balaban J connectivity index is 2.22. The Morgan fingerprint density at radius 2 is 2.00 bits per heavy atom. The standard InChI is InChI=1S/C17H27N3O/c1-4-10-18-13-17(3,21)12-16-19-14-8-6-7-9-15(14)20(16)11-5-2/h6-9,18,21H,4-5,10-13H2,1-3H3. The number of aryl methyl sites for hydroxylation is 1. The number of para-hydroxylation sites is 2. The largest absolute Gasteiger partial charge is 0.388 e. The molecule has 1 unspecified atom stereocenters. The lowest BCUT2D eigenvalue weighted by molar-refractivity contribution is 0.0575. The number of nitrogens with zero attached hydrogens (tertiary/aromatic N) is 2. The number of rotatable bonds is 8. The maximum Gasteiger partial charge on any atom is 0.112 e. The van der Waals surface area contributed by atoms with E-state index in [0.29, 0.717) is 13.0 Å². The van der Waals surface area contributed by atoms with E-state index in [1.165, 1.54) is 0 Å². The van der Waals surface area contributed by atoms with Gasteiger partial charge in [-0.15, -0.1) is 0 Å². The summed E-state index contributed by atoms with van der Waals surface area (Å²) < 4.78 is 2.24. The van der Waals surface area contributed by atoms with Crippen molar-refractivity contribution in [3.63, 3.8) is 0 Å². The van der Waals surface area contributed by atoms with Crippen LogP contribution in [0, 0.1) is 0 Å². The Labute approximate surface area is 127 Å². The van der Waals surface area contributed by atoms with E-state index in [4.69, 9.17) is 4.98 Å². The second kappa shape index (κ2) is 7.05. The molecule has 1 heterocycles. The highest BCUT2D eigenvalue weighted by Gasteiger charge is 2.24. The lowest BCUT2D eigenvalue weighted by atomic mass is 10.0. The normalized spacial score (nSPS) is 14.5. The molecule has 0 radical (unpaired) electrons. The molecule has 2 N–H and O–H groups in total. The molecule has 0 spiro atoms. The Morgan fingerprint density at radius 3 is 2.71 bits per heavy atom. The van der Waals surface area contributed by atoms with Crippen LogP contribution >= 0.6 is 0 Å². The molecule has 21 heavy (non-hydrogen) atoms. The molecule has 2 rings (SSSR count). The average Bonchev–Trinajstić information content (AvgIpc) is 2.77. The fourth-order valence-corrected chi connectivity index (χ4v) is 2.67. The summed E-state index contributed by atoms with van der Waals surface area (Å²) in [4.78, 5) is 4.72. The van der Waals surface area contributed by atoms with E-state index < -0.39 is 5.60 Å². The van der Waals surface area contributed by atoms with Gasteiger partial charge in [0.2, 0.25) is 0 Å². The highest BCUT2D eigenvalue weighted by atomic mass is 16.3. The van der Waals surface area contributed by atoms with Crippen LogP contribution in [-0.2, 0) is 13.0 Å². The highest BCUT2D eigenvalue weighted by molar-refractivity contribution is 5.75. The molecule has 0 bridgehead atoms. The van der Waals surface area contributed by atoms with Crippen LogP contribution in [0.5, 0.6) is 0 Å². The lowest BCUT2D eigenvalue weighted by Crippen LogP contribution is -2.40. The quantitative estimate of drug-likeness (QED) is 0.735. The third-order valence-corrected chi connectivity index (χ3v) is 3.65. The van der Waals surface area contributed by atoms with Crippen LogP contribution in [0.4, 0.5) is 0 Å². The van der Waals surface area contributed by atoms with Crippen LogP contribution in [0.2, 0.25) is 0 Å². The molecule has 1 aromatic heterocycles. The Kier molecular flexibility index (Phi) is 5.37. The molecule has 116 valence electrons. The number of aliphatic hydroxyl groups is 1. The van der Waals surface area contributed by atoms with Gasteiger partial charge in [0.15, 0.2) is 0 Å². The summed E-state index contributed by atoms with van der Waals surface area (Å²) in [6, 6.07) is 8.19. The Hall–Kier alpha value is -1.39. The van der Waals surface area contributed by atoms with Gasteiger partial charge in [0.05, 0.1) is 16.6 Å². The number of nitrogens with one attached hydrogen (secondary N) is 1. The van der Waals surface area contributed by atoms with E-state index in [9.17, 15) is 5.11 Å². The van der Waals surface area contributed by atoms with Crippen LogP contribution in [0.3, 0.4) is 0 Å². The third kappa shape index (κ3) is 4.05. The minimum absolute atomic E-state index is 0.568. The van der Waals surface area contributed by atoms with Gasteiger partial charge in [-0.1, -0.05) is 26.0 Å². The van der Waals surface area contributed by atoms with Crippen molar-refractivity contribution in [3.8, 4) is 0 Å². The van der Waals surface area contributed by atoms with Crippen molar-refractivity contribution in [2.75, 3.05) is 13.1 Å². The molecule has 0 amide bonds. The Morgan fingerprint density at radius 1 is 1.24 bits per heavy atom. The summed E-state index contributed by atoms with van der Waals surface area (Å²) in [7, 11) is 0. The maximum atomic E-state index is 10.6. The van der Waals surface area contributed by atoms with Gasteiger partial charge in [-0.3, -0.25) is 0 Å². The Bertz CT molecular complexity index is 574. The van der Waals surface area contributed by atoms with Crippen LogP contribution in [0.25, 0.3) is 11.0 Å². The fraction of sp³-hybridized carbons (Fsp3) is 0.588. The molecule has 4 heteroatoms. The summed E-state index contributed by atoms with van der Waals surface area (Å²) in [6.07, 6.45) is 2.70. The molecule has 2 aromatic rings. The van der Waals surface area contributed by atoms with E-state index in [1.54, 1.807) is 0 Å². The number of aromatic nitrogens is 2.